The number of nitrogens with one attached hydrogen (secondary N) is 1. The van der Waals surface area contributed by atoms with Gasteiger partial charge in [-0.25, -0.2) is 0 Å². The van der Waals surface area contributed by atoms with Crippen LogP contribution in [-0.4, -0.2) is 26.4 Å². The Balaban J connectivity index is 1.38. The first-order chi connectivity index (χ1) is 15.0. The Labute approximate surface area is 193 Å². The highest BCUT2D eigenvalue weighted by Crippen LogP contribution is 2.39. The molecule has 1 saturated carbocycles. The zero-order valence-corrected chi connectivity index (χ0v) is 18.5. The molecule has 0 spiro atoms. The number of nitrogens with zero attached hydrogens (tertiary/aromatic N) is 4. The van der Waals surface area contributed by atoms with Crippen molar-refractivity contribution in [3.63, 3.8) is 0 Å². The van der Waals surface area contributed by atoms with E-state index in [2.05, 4.69) is 15.5 Å². The van der Waals surface area contributed by atoms with Crippen molar-refractivity contribution in [2.75, 3.05) is 11.1 Å². The number of aromatic nitrogens is 3. The van der Waals surface area contributed by atoms with E-state index < -0.39 is 0 Å². The molecular weight excluding hydrogens is 457 g/mol. The van der Waals surface area contributed by atoms with E-state index in [1.54, 1.807) is 30.3 Å². The lowest BCUT2D eigenvalue weighted by Gasteiger charge is -2.11. The van der Waals surface area contributed by atoms with Gasteiger partial charge in [0.25, 0.3) is 0 Å². The molecule has 2 aromatic carbocycles. The fraction of sp³-hybridized carbons (Fsp3) is 0.238. The molecule has 10 heteroatoms. The van der Waals surface area contributed by atoms with Crippen molar-refractivity contribution in [3.8, 4) is 11.8 Å². The Morgan fingerprint density at radius 3 is 2.74 bits per heavy atom. The number of thioether (sulfide) groups is 1. The Morgan fingerprint density at radius 2 is 2.03 bits per heavy atom. The van der Waals surface area contributed by atoms with E-state index in [1.807, 2.05) is 22.8 Å². The van der Waals surface area contributed by atoms with Crippen LogP contribution in [0.5, 0.6) is 5.75 Å². The fourth-order valence-corrected chi connectivity index (χ4v) is 4.16. The molecular formula is C21H17Cl2N5O2S. The van der Waals surface area contributed by atoms with E-state index in [0.717, 1.165) is 12.8 Å². The first kappa shape index (κ1) is 21.5. The van der Waals surface area contributed by atoms with Crippen molar-refractivity contribution in [2.45, 2.75) is 30.6 Å². The summed E-state index contributed by atoms with van der Waals surface area (Å²) in [5.74, 6) is 1.24. The Kier molecular flexibility index (Phi) is 6.66. The molecule has 1 aliphatic carbocycles. The van der Waals surface area contributed by atoms with Gasteiger partial charge in [0, 0.05) is 11.7 Å². The second-order valence-corrected chi connectivity index (χ2v) is 8.62. The molecule has 1 aromatic heterocycles. The lowest BCUT2D eigenvalue weighted by molar-refractivity contribution is -0.113. The molecule has 0 unspecified atom stereocenters. The fourth-order valence-electron chi connectivity index (χ4n) is 2.92. The van der Waals surface area contributed by atoms with Crippen molar-refractivity contribution in [3.05, 3.63) is 63.9 Å². The quantitative estimate of drug-likeness (QED) is 0.457. The second-order valence-electron chi connectivity index (χ2n) is 6.86. The lowest BCUT2D eigenvalue weighted by atomic mass is 10.2. The monoisotopic (exact) mass is 473 g/mol. The number of nitriles is 1. The minimum atomic E-state index is -0.204. The van der Waals surface area contributed by atoms with Crippen LogP contribution in [0.3, 0.4) is 0 Å². The van der Waals surface area contributed by atoms with Crippen LogP contribution in [0.4, 0.5) is 5.69 Å². The van der Waals surface area contributed by atoms with Crippen LogP contribution in [-0.2, 0) is 11.4 Å². The van der Waals surface area contributed by atoms with Gasteiger partial charge in [0.2, 0.25) is 5.91 Å². The molecule has 31 heavy (non-hydrogen) atoms. The molecule has 3 aromatic rings. The summed E-state index contributed by atoms with van der Waals surface area (Å²) in [5, 5.41) is 21.7. The van der Waals surface area contributed by atoms with Gasteiger partial charge < -0.3 is 10.1 Å². The predicted molar refractivity (Wildman–Crippen MR) is 120 cm³/mol. The number of amides is 1. The number of rotatable bonds is 8. The highest BCUT2D eigenvalue weighted by Gasteiger charge is 2.30. The highest BCUT2D eigenvalue weighted by molar-refractivity contribution is 7.99. The molecule has 0 bridgehead atoms. The number of carbonyl (C=O) groups is 1. The molecule has 1 amide bonds. The Hall–Kier alpha value is -2.73. The molecule has 158 valence electrons. The lowest BCUT2D eigenvalue weighted by Crippen LogP contribution is -2.15. The van der Waals surface area contributed by atoms with Crippen LogP contribution in [0, 0.1) is 11.3 Å². The second kappa shape index (κ2) is 9.60. The van der Waals surface area contributed by atoms with Crippen molar-refractivity contribution < 1.29 is 9.53 Å². The third-order valence-corrected chi connectivity index (χ3v) is 6.11. The Bertz CT molecular complexity index is 1160. The summed E-state index contributed by atoms with van der Waals surface area (Å²) in [7, 11) is 0. The van der Waals surface area contributed by atoms with Gasteiger partial charge in [-0.1, -0.05) is 47.1 Å². The standard InChI is InChI=1S/C21H17Cl2N5O2S/c22-16-3-1-2-4-18(16)30-11-19-26-27-21(28(19)15-7-8-15)31-12-20(29)25-14-6-5-13(10-24)17(23)9-14/h1-6,9,15H,7-8,11-12H2,(H,25,29). The molecule has 0 radical (unpaired) electrons. The number of carbonyl (C=O) groups excluding carboxylic acids is 1. The number of anilines is 1. The minimum absolute atomic E-state index is 0.161. The summed E-state index contributed by atoms with van der Waals surface area (Å²) in [6, 6.07) is 14.3. The summed E-state index contributed by atoms with van der Waals surface area (Å²) in [6.45, 7) is 0.240. The first-order valence-electron chi connectivity index (χ1n) is 9.48. The summed E-state index contributed by atoms with van der Waals surface area (Å²) < 4.78 is 7.85. The normalized spacial score (nSPS) is 12.9. The number of ether oxygens (including phenoxy) is 1. The average molecular weight is 474 g/mol. The molecule has 1 heterocycles. The maximum absolute atomic E-state index is 12.4. The van der Waals surface area contributed by atoms with Crippen molar-refractivity contribution in [2.24, 2.45) is 0 Å². The molecule has 1 aliphatic rings. The van der Waals surface area contributed by atoms with Gasteiger partial charge in [0.05, 0.1) is 21.4 Å². The van der Waals surface area contributed by atoms with Crippen LogP contribution >= 0.6 is 35.0 Å². The van der Waals surface area contributed by atoms with E-state index in [9.17, 15) is 4.79 Å². The molecule has 7 nitrogen and oxygen atoms in total. The highest BCUT2D eigenvalue weighted by atomic mass is 35.5. The number of para-hydroxylation sites is 1. The smallest absolute Gasteiger partial charge is 0.234 e. The minimum Gasteiger partial charge on any atom is -0.484 e. The maximum atomic E-state index is 12.4. The predicted octanol–water partition coefficient (Wildman–Crippen LogP) is 5.10. The van der Waals surface area contributed by atoms with Crippen LogP contribution in [0.15, 0.2) is 47.6 Å². The topological polar surface area (TPSA) is 92.8 Å². The van der Waals surface area contributed by atoms with Crippen LogP contribution in [0.25, 0.3) is 0 Å². The molecule has 0 aliphatic heterocycles. The van der Waals surface area contributed by atoms with Gasteiger partial charge in [-0.05, 0) is 43.2 Å². The van der Waals surface area contributed by atoms with E-state index in [0.29, 0.717) is 44.1 Å². The number of hydrogen-bond donors (Lipinski definition) is 1. The van der Waals surface area contributed by atoms with E-state index in [4.69, 9.17) is 33.2 Å². The average Bonchev–Trinajstić information content (AvgIpc) is 3.52. The summed E-state index contributed by atoms with van der Waals surface area (Å²) in [4.78, 5) is 12.4. The van der Waals surface area contributed by atoms with Gasteiger partial charge in [0.15, 0.2) is 11.0 Å². The van der Waals surface area contributed by atoms with Gasteiger partial charge in [-0.2, -0.15) is 5.26 Å². The van der Waals surface area contributed by atoms with Gasteiger partial charge in [-0.15, -0.1) is 10.2 Å². The number of hydrogen-bond acceptors (Lipinski definition) is 6. The van der Waals surface area contributed by atoms with Crippen molar-refractivity contribution >= 4 is 46.6 Å². The van der Waals surface area contributed by atoms with Gasteiger partial charge in [-0.3, -0.25) is 9.36 Å². The third kappa shape index (κ3) is 5.31. The number of halogens is 2. The zero-order valence-electron chi connectivity index (χ0n) is 16.2. The van der Waals surface area contributed by atoms with E-state index in [1.165, 1.54) is 11.8 Å². The summed E-state index contributed by atoms with van der Waals surface area (Å²) in [6.07, 6.45) is 2.08. The molecule has 1 N–H and O–H groups in total. The summed E-state index contributed by atoms with van der Waals surface area (Å²) >= 11 is 13.5. The van der Waals surface area contributed by atoms with Crippen LogP contribution in [0.1, 0.15) is 30.3 Å². The maximum Gasteiger partial charge on any atom is 0.234 e. The van der Waals surface area contributed by atoms with Gasteiger partial charge in [0.1, 0.15) is 18.4 Å². The Morgan fingerprint density at radius 1 is 1.23 bits per heavy atom. The van der Waals surface area contributed by atoms with E-state index >= 15 is 0 Å². The summed E-state index contributed by atoms with van der Waals surface area (Å²) in [5.41, 5.74) is 0.894. The van der Waals surface area contributed by atoms with Crippen molar-refractivity contribution in [1.82, 2.24) is 14.8 Å². The number of benzene rings is 2. The third-order valence-electron chi connectivity index (χ3n) is 4.55. The SMILES string of the molecule is N#Cc1ccc(NC(=O)CSc2nnc(COc3ccccc3Cl)n2C2CC2)cc1Cl. The molecule has 4 rings (SSSR count). The molecule has 0 atom stereocenters. The van der Waals surface area contributed by atoms with Crippen LogP contribution < -0.4 is 10.1 Å². The molecule has 1 fully saturated rings. The first-order valence-corrected chi connectivity index (χ1v) is 11.2. The van der Waals surface area contributed by atoms with Gasteiger partial charge >= 0.3 is 0 Å². The van der Waals surface area contributed by atoms with Crippen molar-refractivity contribution in [1.29, 1.82) is 5.26 Å². The molecule has 0 saturated heterocycles. The van der Waals surface area contributed by atoms with E-state index in [-0.39, 0.29) is 18.3 Å². The zero-order chi connectivity index (χ0) is 21.8. The largest absolute Gasteiger partial charge is 0.484 e. The van der Waals surface area contributed by atoms with Crippen LogP contribution in [0.2, 0.25) is 10.0 Å².